The topological polar surface area (TPSA) is 136 Å². The molecule has 0 fully saturated rings. The second kappa shape index (κ2) is 7.23. The van der Waals surface area contributed by atoms with E-state index in [1.165, 1.54) is 12.1 Å². The van der Waals surface area contributed by atoms with Crippen LogP contribution >= 0.6 is 11.6 Å². The summed E-state index contributed by atoms with van der Waals surface area (Å²) in [6.45, 7) is 0. The van der Waals surface area contributed by atoms with Gasteiger partial charge in [-0.3, -0.25) is 20.2 Å². The number of nitro groups is 2. The number of carboxylic acid groups (broad SMARTS) is 1. The van der Waals surface area contributed by atoms with Crippen molar-refractivity contribution in [3.63, 3.8) is 0 Å². The number of rotatable bonds is 6. The molecule has 0 aromatic heterocycles. The lowest BCUT2D eigenvalue weighted by molar-refractivity contribution is -0.394. The highest BCUT2D eigenvalue weighted by Crippen LogP contribution is 2.40. The van der Waals surface area contributed by atoms with E-state index < -0.39 is 38.5 Å². The summed E-state index contributed by atoms with van der Waals surface area (Å²) in [7, 11) is 3.51. The fraction of sp³-hybridized carbons (Fsp3) is 0.133. The van der Waals surface area contributed by atoms with Crippen molar-refractivity contribution < 1.29 is 24.5 Å². The fourth-order valence-corrected chi connectivity index (χ4v) is 2.23. The first-order valence-corrected chi connectivity index (χ1v) is 7.34. The zero-order valence-corrected chi connectivity index (χ0v) is 14.3. The van der Waals surface area contributed by atoms with Crippen LogP contribution in [0, 0.1) is 20.2 Å². The number of ether oxygens (including phenoxy) is 1. The monoisotopic (exact) mass is 381 g/mol. The van der Waals surface area contributed by atoms with Gasteiger partial charge in [-0.1, -0.05) is 11.6 Å². The van der Waals surface area contributed by atoms with Gasteiger partial charge in [0.05, 0.1) is 20.9 Å². The van der Waals surface area contributed by atoms with Gasteiger partial charge in [-0.05, 0) is 12.1 Å². The second-order valence-corrected chi connectivity index (χ2v) is 5.67. The Kier molecular flexibility index (Phi) is 5.27. The van der Waals surface area contributed by atoms with Crippen molar-refractivity contribution in [1.82, 2.24) is 0 Å². The summed E-state index contributed by atoms with van der Waals surface area (Å²) < 4.78 is 5.43. The summed E-state index contributed by atoms with van der Waals surface area (Å²) in [6, 6.07) is 5.96. The van der Waals surface area contributed by atoms with Crippen LogP contribution in [0.25, 0.3) is 0 Å². The molecule has 11 heteroatoms. The molecule has 0 saturated heterocycles. The largest absolute Gasteiger partial charge is 0.477 e. The predicted molar refractivity (Wildman–Crippen MR) is 92.6 cm³/mol. The maximum Gasteiger partial charge on any atom is 0.342 e. The van der Waals surface area contributed by atoms with Crippen LogP contribution in [-0.2, 0) is 0 Å². The minimum atomic E-state index is -1.62. The Labute approximate surface area is 151 Å². The van der Waals surface area contributed by atoms with E-state index in [2.05, 4.69) is 0 Å². The predicted octanol–water partition coefficient (Wildman–Crippen LogP) is 3.71. The number of nitrogens with zero attached hydrogens (tertiary/aromatic N) is 3. The molecule has 0 amide bonds. The molecule has 0 unspecified atom stereocenters. The molecular formula is C15H12ClN3O7. The summed E-state index contributed by atoms with van der Waals surface area (Å²) in [5.41, 5.74) is -1.74. The first kappa shape index (κ1) is 18.9. The van der Waals surface area contributed by atoms with E-state index in [1.807, 2.05) is 0 Å². The molecule has 0 saturated carbocycles. The molecule has 0 spiro atoms. The number of nitro benzene ring substituents is 2. The number of carboxylic acids is 1. The van der Waals surface area contributed by atoms with Crippen LogP contribution in [0.2, 0.25) is 5.02 Å². The van der Waals surface area contributed by atoms with Gasteiger partial charge >= 0.3 is 11.7 Å². The molecule has 0 aliphatic rings. The molecule has 26 heavy (non-hydrogen) atoms. The number of hydrogen-bond acceptors (Lipinski definition) is 7. The van der Waals surface area contributed by atoms with E-state index in [0.717, 1.165) is 6.07 Å². The first-order chi connectivity index (χ1) is 12.1. The van der Waals surface area contributed by atoms with Crippen molar-refractivity contribution >= 4 is 34.6 Å². The summed E-state index contributed by atoms with van der Waals surface area (Å²) in [5, 5.41) is 31.5. The maximum absolute atomic E-state index is 11.3. The van der Waals surface area contributed by atoms with Gasteiger partial charge in [0, 0.05) is 31.9 Å². The average Bonchev–Trinajstić information content (AvgIpc) is 2.55. The Morgan fingerprint density at radius 3 is 2.19 bits per heavy atom. The molecule has 0 atom stereocenters. The summed E-state index contributed by atoms with van der Waals surface area (Å²) in [5.74, 6) is -2.06. The quantitative estimate of drug-likeness (QED) is 0.590. The molecule has 1 N–H and O–H groups in total. The van der Waals surface area contributed by atoms with E-state index in [1.54, 1.807) is 25.1 Å². The van der Waals surface area contributed by atoms with Crippen LogP contribution in [0.15, 0.2) is 30.3 Å². The normalized spacial score (nSPS) is 10.3. The lowest BCUT2D eigenvalue weighted by atomic mass is 10.1. The van der Waals surface area contributed by atoms with Crippen molar-refractivity contribution in [1.29, 1.82) is 0 Å². The number of aromatic carboxylic acids is 1. The molecule has 2 aromatic rings. The second-order valence-electron chi connectivity index (χ2n) is 5.27. The van der Waals surface area contributed by atoms with Gasteiger partial charge in [0.25, 0.3) is 5.69 Å². The standard InChI is InChI=1S/C15H12ClN3O7/c1-17(2)8-3-4-10(16)13(5-8)26-14-6-9(15(20)21)11(18(22)23)7-12(14)19(24)25/h3-7H,1-2H3,(H,20,21). The lowest BCUT2D eigenvalue weighted by Crippen LogP contribution is -2.08. The number of halogens is 1. The van der Waals surface area contributed by atoms with Crippen LogP contribution in [0.4, 0.5) is 17.1 Å². The third-order valence-corrected chi connectivity index (χ3v) is 3.66. The van der Waals surface area contributed by atoms with Crippen molar-refractivity contribution in [2.45, 2.75) is 0 Å². The third-order valence-electron chi connectivity index (χ3n) is 3.35. The number of benzene rings is 2. The molecule has 0 heterocycles. The molecule has 2 rings (SSSR count). The molecule has 0 aliphatic carbocycles. The van der Waals surface area contributed by atoms with Gasteiger partial charge in [0.1, 0.15) is 11.3 Å². The van der Waals surface area contributed by atoms with Gasteiger partial charge < -0.3 is 14.7 Å². The zero-order chi connectivity index (χ0) is 19.6. The fourth-order valence-electron chi connectivity index (χ4n) is 2.07. The van der Waals surface area contributed by atoms with E-state index in [4.69, 9.17) is 21.4 Å². The molecule has 136 valence electrons. The summed E-state index contributed by atoms with van der Waals surface area (Å²) >= 11 is 6.03. The van der Waals surface area contributed by atoms with E-state index >= 15 is 0 Å². The average molecular weight is 382 g/mol. The minimum absolute atomic E-state index is 0.0335. The van der Waals surface area contributed by atoms with Gasteiger partial charge in [-0.25, -0.2) is 4.79 Å². The number of hydrogen-bond donors (Lipinski definition) is 1. The molecule has 0 aliphatic heterocycles. The van der Waals surface area contributed by atoms with Crippen LogP contribution < -0.4 is 9.64 Å². The maximum atomic E-state index is 11.3. The molecule has 0 bridgehead atoms. The molecule has 0 radical (unpaired) electrons. The smallest absolute Gasteiger partial charge is 0.342 e. The summed E-state index contributed by atoms with van der Waals surface area (Å²) in [6.07, 6.45) is 0. The van der Waals surface area contributed by atoms with Crippen LogP contribution in [0.5, 0.6) is 11.5 Å². The molecule has 2 aromatic carbocycles. The Balaban J connectivity index is 2.64. The van der Waals surface area contributed by atoms with Crippen LogP contribution in [0.1, 0.15) is 10.4 Å². The molecular weight excluding hydrogens is 370 g/mol. The highest BCUT2D eigenvalue weighted by atomic mass is 35.5. The Hall–Kier alpha value is -3.40. The third kappa shape index (κ3) is 3.81. The van der Waals surface area contributed by atoms with Crippen LogP contribution in [0.3, 0.4) is 0 Å². The number of carbonyl (C=O) groups is 1. The van der Waals surface area contributed by atoms with Gasteiger partial charge in [0.15, 0.2) is 0 Å². The van der Waals surface area contributed by atoms with E-state index in [9.17, 15) is 25.0 Å². The van der Waals surface area contributed by atoms with Gasteiger partial charge in [-0.15, -0.1) is 0 Å². The van der Waals surface area contributed by atoms with E-state index in [0.29, 0.717) is 11.8 Å². The Bertz CT molecular complexity index is 914. The highest BCUT2D eigenvalue weighted by molar-refractivity contribution is 6.32. The van der Waals surface area contributed by atoms with Gasteiger partial charge in [-0.2, -0.15) is 0 Å². The lowest BCUT2D eigenvalue weighted by Gasteiger charge is -2.15. The first-order valence-electron chi connectivity index (χ1n) is 6.96. The van der Waals surface area contributed by atoms with Crippen molar-refractivity contribution in [3.05, 3.63) is 61.1 Å². The molecule has 10 nitrogen and oxygen atoms in total. The van der Waals surface area contributed by atoms with Crippen LogP contribution in [-0.4, -0.2) is 35.0 Å². The van der Waals surface area contributed by atoms with E-state index in [-0.39, 0.29) is 10.8 Å². The minimum Gasteiger partial charge on any atom is -0.477 e. The van der Waals surface area contributed by atoms with Crippen molar-refractivity contribution in [2.24, 2.45) is 0 Å². The van der Waals surface area contributed by atoms with Crippen molar-refractivity contribution in [3.8, 4) is 11.5 Å². The SMILES string of the molecule is CN(C)c1ccc(Cl)c(Oc2cc(C(=O)O)c([N+](=O)[O-])cc2[N+](=O)[O-])c1. The Morgan fingerprint density at radius 2 is 1.69 bits per heavy atom. The Morgan fingerprint density at radius 1 is 1.08 bits per heavy atom. The number of anilines is 1. The zero-order valence-electron chi connectivity index (χ0n) is 13.5. The van der Waals surface area contributed by atoms with Crippen molar-refractivity contribution in [2.75, 3.05) is 19.0 Å². The highest BCUT2D eigenvalue weighted by Gasteiger charge is 2.29. The summed E-state index contributed by atoms with van der Waals surface area (Å²) in [4.78, 5) is 33.3. The van der Waals surface area contributed by atoms with Gasteiger partial charge in [0.2, 0.25) is 5.75 Å².